The molecule has 0 fully saturated rings. The average Bonchev–Trinajstić information content (AvgIpc) is 3.19. The van der Waals surface area contributed by atoms with Gasteiger partial charge in [0.1, 0.15) is 13.2 Å². The number of amides is 3. The van der Waals surface area contributed by atoms with Crippen LogP contribution in [0.2, 0.25) is 0 Å². The highest BCUT2D eigenvalue weighted by molar-refractivity contribution is 5.87. The normalized spacial score (nSPS) is 12.7. The lowest BCUT2D eigenvalue weighted by atomic mass is 9.98. The molecule has 0 radical (unpaired) electrons. The van der Waals surface area contributed by atoms with Crippen LogP contribution in [-0.2, 0) is 20.7 Å². The molecule has 3 aromatic rings. The lowest BCUT2D eigenvalue weighted by molar-refractivity contribution is -0.125. The zero-order valence-corrected chi connectivity index (χ0v) is 19.6. The molecule has 1 aliphatic rings. The summed E-state index contributed by atoms with van der Waals surface area (Å²) in [6.07, 6.45) is 0.0205. The van der Waals surface area contributed by atoms with Gasteiger partial charge in [-0.05, 0) is 41.2 Å². The molecule has 1 atom stereocenters. The Bertz CT molecular complexity index is 1150. The highest BCUT2D eigenvalue weighted by Gasteiger charge is 2.29. The van der Waals surface area contributed by atoms with Gasteiger partial charge in [-0.2, -0.15) is 0 Å². The summed E-state index contributed by atoms with van der Waals surface area (Å²) in [6, 6.07) is 25.9. The molecule has 0 heterocycles. The maximum absolute atomic E-state index is 12.2. The first kappa shape index (κ1) is 24.0. The summed E-state index contributed by atoms with van der Waals surface area (Å²) in [5, 5.41) is 7.81. The van der Waals surface area contributed by atoms with Crippen molar-refractivity contribution in [3.63, 3.8) is 0 Å². The predicted molar refractivity (Wildman–Crippen MR) is 134 cm³/mol. The minimum Gasteiger partial charge on any atom is -0.449 e. The van der Waals surface area contributed by atoms with E-state index in [4.69, 9.17) is 4.74 Å². The maximum atomic E-state index is 12.2. The highest BCUT2D eigenvalue weighted by Crippen LogP contribution is 2.44. The Hall–Kier alpha value is -4.13. The van der Waals surface area contributed by atoms with E-state index in [2.05, 4.69) is 28.1 Å². The van der Waals surface area contributed by atoms with E-state index >= 15 is 0 Å². The van der Waals surface area contributed by atoms with E-state index in [1.807, 2.05) is 73.7 Å². The maximum Gasteiger partial charge on any atom is 0.407 e. The second kappa shape index (κ2) is 11.3. The van der Waals surface area contributed by atoms with Crippen LogP contribution < -0.4 is 16.0 Å². The van der Waals surface area contributed by atoms with E-state index in [1.54, 1.807) is 0 Å². The van der Waals surface area contributed by atoms with Crippen molar-refractivity contribution >= 4 is 17.9 Å². The third kappa shape index (κ3) is 6.26. The molecule has 35 heavy (non-hydrogen) atoms. The van der Waals surface area contributed by atoms with Gasteiger partial charge in [-0.15, -0.1) is 0 Å². The zero-order valence-electron chi connectivity index (χ0n) is 19.6. The first-order chi connectivity index (χ1) is 17.0. The molecule has 0 saturated heterocycles. The van der Waals surface area contributed by atoms with Gasteiger partial charge in [0.2, 0.25) is 11.8 Å². The van der Waals surface area contributed by atoms with Crippen molar-refractivity contribution in [3.05, 3.63) is 95.6 Å². The van der Waals surface area contributed by atoms with E-state index < -0.39 is 12.0 Å². The number of fused-ring (bicyclic) bond motifs is 3. The van der Waals surface area contributed by atoms with E-state index in [1.165, 1.54) is 0 Å². The Morgan fingerprint density at radius 3 is 2.00 bits per heavy atom. The lowest BCUT2D eigenvalue weighted by Crippen LogP contribution is -2.44. The van der Waals surface area contributed by atoms with Crippen LogP contribution in [0.15, 0.2) is 78.9 Å². The van der Waals surface area contributed by atoms with Crippen LogP contribution >= 0.6 is 0 Å². The Balaban J connectivity index is 1.17. The Morgan fingerprint density at radius 2 is 1.34 bits per heavy atom. The number of alkyl carbamates (subject to hydrolysis) is 1. The fraction of sp³-hybridized carbons (Fsp3) is 0.250. The summed E-state index contributed by atoms with van der Waals surface area (Å²) in [5.41, 5.74) is 5.65. The summed E-state index contributed by atoms with van der Waals surface area (Å²) in [6.45, 7) is 1.64. The van der Waals surface area contributed by atoms with Crippen molar-refractivity contribution in [2.45, 2.75) is 25.3 Å². The van der Waals surface area contributed by atoms with Gasteiger partial charge in [-0.25, -0.2) is 4.79 Å². The van der Waals surface area contributed by atoms with Gasteiger partial charge in [0.25, 0.3) is 0 Å². The van der Waals surface area contributed by atoms with E-state index in [9.17, 15) is 14.4 Å². The van der Waals surface area contributed by atoms with Crippen molar-refractivity contribution in [2.24, 2.45) is 0 Å². The van der Waals surface area contributed by atoms with Crippen LogP contribution in [-0.4, -0.2) is 43.6 Å². The van der Waals surface area contributed by atoms with Gasteiger partial charge in [0.05, 0.1) is 6.54 Å². The molecular formula is C28H29N3O4. The summed E-state index contributed by atoms with van der Waals surface area (Å²) >= 11 is 0. The molecule has 1 aliphatic carbocycles. The quantitative estimate of drug-likeness (QED) is 0.446. The molecule has 0 bridgehead atoms. The van der Waals surface area contributed by atoms with Crippen LogP contribution in [0.4, 0.5) is 4.79 Å². The third-order valence-corrected chi connectivity index (χ3v) is 5.98. The summed E-state index contributed by atoms with van der Waals surface area (Å²) < 4.78 is 5.42. The SMILES string of the molecule is C[C@@H](Cc1ccccc1)NC(=O)CNC(=O)CNC(=O)OCC1c2ccccc2-c2ccccc21. The van der Waals surface area contributed by atoms with E-state index in [-0.39, 0.29) is 37.6 Å². The molecule has 180 valence electrons. The van der Waals surface area contributed by atoms with E-state index in [0.29, 0.717) is 6.42 Å². The molecule has 3 amide bonds. The zero-order chi connectivity index (χ0) is 24.6. The van der Waals surface area contributed by atoms with Crippen molar-refractivity contribution in [2.75, 3.05) is 19.7 Å². The Kier molecular flexibility index (Phi) is 7.77. The molecule has 0 saturated carbocycles. The van der Waals surface area contributed by atoms with Crippen LogP contribution in [0.1, 0.15) is 29.5 Å². The minimum atomic E-state index is -0.678. The van der Waals surface area contributed by atoms with Crippen molar-refractivity contribution < 1.29 is 19.1 Å². The average molecular weight is 472 g/mol. The van der Waals surface area contributed by atoms with Gasteiger partial charge in [0.15, 0.2) is 0 Å². The third-order valence-electron chi connectivity index (χ3n) is 5.98. The van der Waals surface area contributed by atoms with Crippen molar-refractivity contribution in [1.29, 1.82) is 0 Å². The Labute approximate surface area is 204 Å². The van der Waals surface area contributed by atoms with Crippen LogP contribution in [0.25, 0.3) is 11.1 Å². The molecule has 7 heteroatoms. The molecule has 4 rings (SSSR count). The number of ether oxygens (including phenoxy) is 1. The molecule has 0 aromatic heterocycles. The molecule has 7 nitrogen and oxygen atoms in total. The first-order valence-electron chi connectivity index (χ1n) is 11.7. The molecule has 3 N–H and O–H groups in total. The largest absolute Gasteiger partial charge is 0.449 e. The fourth-order valence-corrected chi connectivity index (χ4v) is 4.39. The summed E-state index contributed by atoms with van der Waals surface area (Å²) in [7, 11) is 0. The van der Waals surface area contributed by atoms with E-state index in [0.717, 1.165) is 27.8 Å². The molecule has 3 aromatic carbocycles. The molecular weight excluding hydrogens is 442 g/mol. The first-order valence-corrected chi connectivity index (χ1v) is 11.7. The molecule has 0 unspecified atom stereocenters. The minimum absolute atomic E-state index is 0.0523. The van der Waals surface area contributed by atoms with Crippen molar-refractivity contribution in [1.82, 2.24) is 16.0 Å². The van der Waals surface area contributed by atoms with Gasteiger partial charge >= 0.3 is 6.09 Å². The van der Waals surface area contributed by atoms with Crippen LogP contribution in [0.5, 0.6) is 0 Å². The number of hydrogen-bond donors (Lipinski definition) is 3. The number of benzene rings is 3. The number of carbonyl (C=O) groups is 3. The number of rotatable bonds is 9. The number of carbonyl (C=O) groups excluding carboxylic acids is 3. The van der Waals surface area contributed by atoms with Gasteiger partial charge in [-0.3, -0.25) is 9.59 Å². The van der Waals surface area contributed by atoms with Crippen LogP contribution in [0, 0.1) is 0 Å². The van der Waals surface area contributed by atoms with Gasteiger partial charge in [-0.1, -0.05) is 78.9 Å². The molecule has 0 aliphatic heterocycles. The lowest BCUT2D eigenvalue weighted by Gasteiger charge is -2.15. The predicted octanol–water partition coefficient (Wildman–Crippen LogP) is 3.39. The monoisotopic (exact) mass is 471 g/mol. The second-order valence-electron chi connectivity index (χ2n) is 8.61. The standard InChI is InChI=1S/C28H29N3O4/c1-19(15-20-9-3-2-4-10-20)31-27(33)17-29-26(32)16-30-28(34)35-18-25-23-13-7-5-11-21(23)22-12-6-8-14-24(22)25/h2-14,19,25H,15-18H2,1H3,(H,29,32)(H,30,34)(H,31,33)/t19-/m0/s1. The Morgan fingerprint density at radius 1 is 0.771 bits per heavy atom. The number of hydrogen-bond acceptors (Lipinski definition) is 4. The van der Waals surface area contributed by atoms with Gasteiger partial charge in [0, 0.05) is 12.0 Å². The highest BCUT2D eigenvalue weighted by atomic mass is 16.5. The smallest absolute Gasteiger partial charge is 0.407 e. The second-order valence-corrected chi connectivity index (χ2v) is 8.61. The number of nitrogens with one attached hydrogen (secondary N) is 3. The van der Waals surface area contributed by atoms with Gasteiger partial charge < -0.3 is 20.7 Å². The molecule has 0 spiro atoms. The summed E-state index contributed by atoms with van der Waals surface area (Å²) in [4.78, 5) is 36.3. The fourth-order valence-electron chi connectivity index (χ4n) is 4.39. The van der Waals surface area contributed by atoms with Crippen molar-refractivity contribution in [3.8, 4) is 11.1 Å². The summed E-state index contributed by atoms with van der Waals surface area (Å²) in [5.74, 6) is -0.809. The topological polar surface area (TPSA) is 96.5 Å². The van der Waals surface area contributed by atoms with Crippen LogP contribution in [0.3, 0.4) is 0 Å².